The van der Waals surface area contributed by atoms with E-state index in [-0.39, 0.29) is 16.4 Å². The highest BCUT2D eigenvalue weighted by Gasteiger charge is 2.53. The molecule has 0 amide bonds. The summed E-state index contributed by atoms with van der Waals surface area (Å²) in [4.78, 5) is 22.7. The fourth-order valence-corrected chi connectivity index (χ4v) is 5.15. The van der Waals surface area contributed by atoms with Crippen LogP contribution in [0.25, 0.3) is 0 Å². The topological polar surface area (TPSA) is 101 Å². The van der Waals surface area contributed by atoms with Gasteiger partial charge in [0.05, 0.1) is 23.4 Å². The standard InChI is InChI=1S/C25H18ClN5O4S/c1-35-24(32)23-28-30(21-9-5-6-10-22(21)31(33)34)25(36-23)16-15-20(17-11-13-18(26)14-12-17)27-29(25)19-7-3-2-4-8-19/h2-16H,1H3/t25-/m0/s1. The Labute approximate surface area is 215 Å². The molecule has 1 spiro atoms. The molecule has 2 aliphatic heterocycles. The second-order valence-corrected chi connectivity index (χ2v) is 9.32. The van der Waals surface area contributed by atoms with Gasteiger partial charge in [-0.25, -0.2) is 14.8 Å². The molecule has 9 nitrogen and oxygen atoms in total. The van der Waals surface area contributed by atoms with Gasteiger partial charge in [-0.1, -0.05) is 54.1 Å². The van der Waals surface area contributed by atoms with E-state index in [0.29, 0.717) is 16.4 Å². The molecule has 36 heavy (non-hydrogen) atoms. The Bertz CT molecular complexity index is 1430. The van der Waals surface area contributed by atoms with Crippen molar-refractivity contribution in [3.8, 4) is 0 Å². The number of thioether (sulfide) groups is 1. The molecule has 0 saturated heterocycles. The van der Waals surface area contributed by atoms with E-state index in [9.17, 15) is 14.9 Å². The average molecular weight is 520 g/mol. The zero-order chi connectivity index (χ0) is 25.3. The molecular formula is C25H18ClN5O4S. The van der Waals surface area contributed by atoms with Gasteiger partial charge in [-0.15, -0.1) is 0 Å². The summed E-state index contributed by atoms with van der Waals surface area (Å²) in [7, 11) is 1.26. The van der Waals surface area contributed by atoms with Crippen LogP contribution < -0.4 is 10.0 Å². The van der Waals surface area contributed by atoms with E-state index in [1.54, 1.807) is 41.4 Å². The van der Waals surface area contributed by atoms with Crippen molar-refractivity contribution >= 4 is 57.1 Å². The van der Waals surface area contributed by atoms with Gasteiger partial charge in [0, 0.05) is 16.7 Å². The number of hydrogen-bond donors (Lipinski definition) is 0. The summed E-state index contributed by atoms with van der Waals surface area (Å²) < 4.78 is 4.93. The number of esters is 1. The smallest absolute Gasteiger partial charge is 0.365 e. The molecule has 2 heterocycles. The van der Waals surface area contributed by atoms with Crippen molar-refractivity contribution in [2.24, 2.45) is 10.2 Å². The number of methoxy groups -OCH3 is 1. The third-order valence-corrected chi connectivity index (χ3v) is 6.99. The highest BCUT2D eigenvalue weighted by molar-refractivity contribution is 8.17. The first-order valence-electron chi connectivity index (χ1n) is 10.7. The summed E-state index contributed by atoms with van der Waals surface area (Å²) in [5.74, 6) is -0.658. The van der Waals surface area contributed by atoms with Gasteiger partial charge in [0.1, 0.15) is 5.69 Å². The van der Waals surface area contributed by atoms with Crippen molar-refractivity contribution in [1.29, 1.82) is 0 Å². The van der Waals surface area contributed by atoms with Crippen LogP contribution in [0.4, 0.5) is 17.1 Å². The Morgan fingerprint density at radius 1 is 1.00 bits per heavy atom. The molecule has 0 saturated carbocycles. The van der Waals surface area contributed by atoms with Crippen LogP contribution in [0.5, 0.6) is 0 Å². The maximum atomic E-state index is 12.6. The van der Waals surface area contributed by atoms with Crippen LogP contribution in [0.1, 0.15) is 5.56 Å². The number of para-hydroxylation sites is 3. The molecule has 0 radical (unpaired) electrons. The quantitative estimate of drug-likeness (QED) is 0.252. The normalized spacial score (nSPS) is 18.7. The molecule has 11 heteroatoms. The Morgan fingerprint density at radius 3 is 2.39 bits per heavy atom. The predicted octanol–water partition coefficient (Wildman–Crippen LogP) is 5.42. The first-order valence-corrected chi connectivity index (χ1v) is 11.9. The monoisotopic (exact) mass is 519 g/mol. The lowest BCUT2D eigenvalue weighted by Crippen LogP contribution is -2.54. The second kappa shape index (κ2) is 9.48. The van der Waals surface area contributed by atoms with E-state index in [2.05, 4.69) is 5.10 Å². The lowest BCUT2D eigenvalue weighted by molar-refractivity contribution is -0.384. The summed E-state index contributed by atoms with van der Waals surface area (Å²) in [6.45, 7) is 0. The number of hydrogen-bond acceptors (Lipinski definition) is 9. The molecule has 2 aliphatic rings. The zero-order valence-corrected chi connectivity index (χ0v) is 20.4. The van der Waals surface area contributed by atoms with Crippen LogP contribution in [-0.2, 0) is 9.53 Å². The maximum Gasteiger partial charge on any atom is 0.365 e. The number of hydrazone groups is 2. The van der Waals surface area contributed by atoms with Gasteiger partial charge in [-0.2, -0.15) is 10.2 Å². The second-order valence-electron chi connectivity index (χ2n) is 7.69. The zero-order valence-electron chi connectivity index (χ0n) is 18.8. The maximum absolute atomic E-state index is 12.6. The van der Waals surface area contributed by atoms with Crippen molar-refractivity contribution < 1.29 is 14.5 Å². The van der Waals surface area contributed by atoms with Gasteiger partial charge >= 0.3 is 5.97 Å². The third-order valence-electron chi connectivity index (χ3n) is 5.52. The van der Waals surface area contributed by atoms with Gasteiger partial charge < -0.3 is 4.74 Å². The van der Waals surface area contributed by atoms with Crippen molar-refractivity contribution in [2.75, 3.05) is 17.1 Å². The molecule has 3 aromatic rings. The minimum absolute atomic E-state index is 0.0337. The van der Waals surface area contributed by atoms with Gasteiger partial charge in [-0.05, 0) is 54.2 Å². The van der Waals surface area contributed by atoms with Gasteiger partial charge in [0.25, 0.3) is 5.69 Å². The van der Waals surface area contributed by atoms with Crippen LogP contribution in [0.3, 0.4) is 0 Å². The molecule has 180 valence electrons. The highest BCUT2D eigenvalue weighted by Crippen LogP contribution is 2.49. The summed E-state index contributed by atoms with van der Waals surface area (Å²) in [6, 6.07) is 22.8. The number of rotatable bonds is 5. The van der Waals surface area contributed by atoms with E-state index in [4.69, 9.17) is 21.4 Å². The number of anilines is 2. The fraction of sp³-hybridized carbons (Fsp3) is 0.0800. The molecule has 1 atom stereocenters. The molecule has 0 aromatic heterocycles. The largest absolute Gasteiger partial charge is 0.464 e. The number of carbonyl (C=O) groups is 1. The molecule has 0 N–H and O–H groups in total. The molecule has 3 aromatic carbocycles. The molecule has 0 fully saturated rings. The number of nitro benzene ring substituents is 1. The number of nitrogens with zero attached hydrogens (tertiary/aromatic N) is 5. The molecule has 5 rings (SSSR count). The Kier molecular flexibility index (Phi) is 6.21. The van der Waals surface area contributed by atoms with Gasteiger partial charge in [0.2, 0.25) is 10.0 Å². The molecular weight excluding hydrogens is 502 g/mol. The van der Waals surface area contributed by atoms with Gasteiger partial charge in [0.15, 0.2) is 0 Å². The number of nitro groups is 1. The minimum atomic E-state index is -1.27. The van der Waals surface area contributed by atoms with Crippen molar-refractivity contribution in [3.05, 3.63) is 112 Å². The van der Waals surface area contributed by atoms with E-state index in [1.807, 2.05) is 48.5 Å². The molecule has 0 unspecified atom stereocenters. The van der Waals surface area contributed by atoms with Crippen LogP contribution in [0.15, 0.2) is 101 Å². The molecule has 0 aliphatic carbocycles. The van der Waals surface area contributed by atoms with Crippen LogP contribution >= 0.6 is 23.4 Å². The number of ether oxygens (including phenoxy) is 1. The minimum Gasteiger partial charge on any atom is -0.464 e. The van der Waals surface area contributed by atoms with E-state index >= 15 is 0 Å². The van der Waals surface area contributed by atoms with Crippen LogP contribution in [0, 0.1) is 10.1 Å². The molecule has 0 bridgehead atoms. The Balaban J connectivity index is 1.71. The number of carbonyl (C=O) groups excluding carboxylic acids is 1. The summed E-state index contributed by atoms with van der Waals surface area (Å²) in [5, 5.41) is 25.1. The summed E-state index contributed by atoms with van der Waals surface area (Å²) in [5.41, 5.74) is 2.17. The van der Waals surface area contributed by atoms with Gasteiger partial charge in [-0.3, -0.25) is 10.1 Å². The lowest BCUT2D eigenvalue weighted by Gasteiger charge is -2.43. The van der Waals surface area contributed by atoms with E-state index < -0.39 is 15.9 Å². The van der Waals surface area contributed by atoms with E-state index in [1.165, 1.54) is 18.2 Å². The Morgan fingerprint density at radius 2 is 1.69 bits per heavy atom. The fourth-order valence-electron chi connectivity index (χ4n) is 3.86. The average Bonchev–Trinajstić information content (AvgIpc) is 3.29. The third kappa shape index (κ3) is 4.10. The Hall–Kier alpha value is -4.15. The lowest BCUT2D eigenvalue weighted by atomic mass is 10.1. The first kappa shape index (κ1) is 23.6. The van der Waals surface area contributed by atoms with Crippen LogP contribution in [0.2, 0.25) is 5.02 Å². The number of benzene rings is 3. The predicted molar refractivity (Wildman–Crippen MR) is 141 cm³/mol. The summed E-state index contributed by atoms with van der Waals surface area (Å²) in [6.07, 6.45) is 3.62. The highest BCUT2D eigenvalue weighted by atomic mass is 35.5. The number of halogens is 1. The van der Waals surface area contributed by atoms with E-state index in [0.717, 1.165) is 17.3 Å². The van der Waals surface area contributed by atoms with Crippen LogP contribution in [-0.4, -0.2) is 33.8 Å². The van der Waals surface area contributed by atoms with Crippen molar-refractivity contribution in [1.82, 2.24) is 0 Å². The van der Waals surface area contributed by atoms with Crippen molar-refractivity contribution in [3.63, 3.8) is 0 Å². The van der Waals surface area contributed by atoms with Crippen molar-refractivity contribution in [2.45, 2.75) is 4.99 Å². The SMILES string of the molecule is COC(=O)C1=NN(c2ccccc2[N+](=O)[O-])[C@@]2(C=CC(c3ccc(Cl)cc3)=NN2c2ccccc2)S1. The summed E-state index contributed by atoms with van der Waals surface area (Å²) >= 11 is 7.15. The number of allylic oxidation sites excluding steroid dienone is 1. The first-order chi connectivity index (χ1) is 17.4.